The van der Waals surface area contributed by atoms with Crippen LogP contribution in [0.25, 0.3) is 0 Å². The van der Waals surface area contributed by atoms with Gasteiger partial charge in [-0.2, -0.15) is 5.26 Å². The standard InChI is InChI=1S/C12H16NO3P/c1-3-15-17(14,16-4-2)12(10-13)11-8-6-5-7-9-11/h5-9,12H,3-4H2,1-2H3/t12-/m0/s1. The Morgan fingerprint density at radius 1 is 1.24 bits per heavy atom. The molecule has 17 heavy (non-hydrogen) atoms. The monoisotopic (exact) mass is 253 g/mol. The van der Waals surface area contributed by atoms with E-state index in [0.717, 1.165) is 0 Å². The van der Waals surface area contributed by atoms with E-state index in [1.54, 1.807) is 38.1 Å². The van der Waals surface area contributed by atoms with Crippen molar-refractivity contribution in [2.24, 2.45) is 0 Å². The first-order valence-corrected chi connectivity index (χ1v) is 7.12. The maximum absolute atomic E-state index is 12.5. The Kier molecular flexibility index (Phi) is 5.37. The summed E-state index contributed by atoms with van der Waals surface area (Å²) in [5.74, 6) is 0. The van der Waals surface area contributed by atoms with Gasteiger partial charge in [-0.25, -0.2) is 0 Å². The van der Waals surface area contributed by atoms with Crippen molar-refractivity contribution in [3.05, 3.63) is 35.9 Å². The molecule has 0 amide bonds. The second-order valence-electron chi connectivity index (χ2n) is 3.32. The smallest absolute Gasteiger partial charge is 0.308 e. The molecule has 0 aliphatic heterocycles. The molecule has 4 nitrogen and oxygen atoms in total. The van der Waals surface area contributed by atoms with Crippen LogP contribution in [0.15, 0.2) is 30.3 Å². The van der Waals surface area contributed by atoms with E-state index in [1.165, 1.54) is 0 Å². The van der Waals surface area contributed by atoms with E-state index in [2.05, 4.69) is 0 Å². The highest BCUT2D eigenvalue weighted by molar-refractivity contribution is 7.54. The zero-order valence-corrected chi connectivity index (χ0v) is 10.9. The summed E-state index contributed by atoms with van der Waals surface area (Å²) in [4.78, 5) is 0. The minimum atomic E-state index is -3.41. The summed E-state index contributed by atoms with van der Waals surface area (Å²) in [6.45, 7) is 3.96. The van der Waals surface area contributed by atoms with Gasteiger partial charge in [0.15, 0.2) is 5.66 Å². The lowest BCUT2D eigenvalue weighted by Gasteiger charge is -2.21. The van der Waals surface area contributed by atoms with Crippen LogP contribution < -0.4 is 0 Å². The predicted molar refractivity (Wildman–Crippen MR) is 65.7 cm³/mol. The van der Waals surface area contributed by atoms with Crippen molar-refractivity contribution >= 4 is 7.60 Å². The molecule has 0 unspecified atom stereocenters. The Morgan fingerprint density at radius 2 is 1.76 bits per heavy atom. The number of nitriles is 1. The Labute approximate surface area is 102 Å². The van der Waals surface area contributed by atoms with Crippen molar-refractivity contribution in [3.63, 3.8) is 0 Å². The van der Waals surface area contributed by atoms with Gasteiger partial charge in [-0.05, 0) is 19.4 Å². The first kappa shape index (κ1) is 13.9. The SMILES string of the molecule is CCOP(=O)(OCC)[C@@H](C#N)c1ccccc1. The predicted octanol–water partition coefficient (Wildman–Crippen LogP) is 3.52. The molecule has 0 saturated carbocycles. The van der Waals surface area contributed by atoms with Gasteiger partial charge in [0.25, 0.3) is 0 Å². The van der Waals surface area contributed by atoms with Gasteiger partial charge < -0.3 is 9.05 Å². The lowest BCUT2D eigenvalue weighted by atomic mass is 10.2. The molecule has 0 radical (unpaired) electrons. The fraction of sp³-hybridized carbons (Fsp3) is 0.417. The summed E-state index contributed by atoms with van der Waals surface area (Å²) in [7, 11) is -3.41. The minimum Gasteiger partial charge on any atom is -0.308 e. The molecule has 0 aliphatic rings. The fourth-order valence-corrected chi connectivity index (χ4v) is 3.28. The highest BCUT2D eigenvalue weighted by atomic mass is 31.2. The topological polar surface area (TPSA) is 59.3 Å². The molecule has 0 aromatic heterocycles. The Bertz CT molecular complexity index is 417. The van der Waals surface area contributed by atoms with Gasteiger partial charge in [-0.3, -0.25) is 4.57 Å². The molecular formula is C12H16NO3P. The zero-order chi connectivity index (χ0) is 12.7. The van der Waals surface area contributed by atoms with Crippen molar-refractivity contribution in [2.75, 3.05) is 13.2 Å². The van der Waals surface area contributed by atoms with Crippen LogP contribution in [0.5, 0.6) is 0 Å². The molecule has 1 rings (SSSR count). The molecule has 0 aliphatic carbocycles. The molecule has 0 heterocycles. The van der Waals surface area contributed by atoms with E-state index in [-0.39, 0.29) is 13.2 Å². The van der Waals surface area contributed by atoms with Gasteiger partial charge in [-0.1, -0.05) is 30.3 Å². The van der Waals surface area contributed by atoms with Crippen LogP contribution in [-0.2, 0) is 13.6 Å². The van der Waals surface area contributed by atoms with Crippen molar-refractivity contribution in [1.82, 2.24) is 0 Å². The number of hydrogen-bond donors (Lipinski definition) is 0. The van der Waals surface area contributed by atoms with Crippen LogP contribution in [0.1, 0.15) is 25.1 Å². The second kappa shape index (κ2) is 6.56. The number of nitrogens with zero attached hydrogens (tertiary/aromatic N) is 1. The average Bonchev–Trinajstić information content (AvgIpc) is 2.31. The van der Waals surface area contributed by atoms with E-state index in [9.17, 15) is 9.83 Å². The van der Waals surface area contributed by atoms with Gasteiger partial charge in [-0.15, -0.1) is 0 Å². The van der Waals surface area contributed by atoms with Gasteiger partial charge in [0.05, 0.1) is 19.3 Å². The number of benzene rings is 1. The average molecular weight is 253 g/mol. The van der Waals surface area contributed by atoms with Crippen LogP contribution >= 0.6 is 7.60 Å². The third-order valence-electron chi connectivity index (χ3n) is 2.17. The summed E-state index contributed by atoms with van der Waals surface area (Å²) in [6.07, 6.45) is 0. The Balaban J connectivity index is 3.07. The summed E-state index contributed by atoms with van der Waals surface area (Å²) in [5.41, 5.74) is -0.219. The third kappa shape index (κ3) is 3.41. The summed E-state index contributed by atoms with van der Waals surface area (Å²) in [6, 6.07) is 10.9. The summed E-state index contributed by atoms with van der Waals surface area (Å²) in [5, 5.41) is 9.19. The number of rotatable bonds is 6. The molecule has 0 N–H and O–H groups in total. The van der Waals surface area contributed by atoms with Crippen LogP contribution in [-0.4, -0.2) is 13.2 Å². The number of hydrogen-bond acceptors (Lipinski definition) is 4. The molecule has 1 aromatic rings. The lowest BCUT2D eigenvalue weighted by Crippen LogP contribution is -2.05. The molecule has 5 heteroatoms. The molecule has 0 saturated heterocycles. The molecular weight excluding hydrogens is 237 g/mol. The van der Waals surface area contributed by atoms with Crippen molar-refractivity contribution in [1.29, 1.82) is 5.26 Å². The normalized spacial score (nSPS) is 13.0. The van der Waals surface area contributed by atoms with Crippen molar-refractivity contribution < 1.29 is 13.6 Å². The molecule has 0 spiro atoms. The van der Waals surface area contributed by atoms with Crippen LogP contribution in [0.2, 0.25) is 0 Å². The first-order chi connectivity index (χ1) is 8.18. The van der Waals surface area contributed by atoms with Gasteiger partial charge in [0.1, 0.15) is 0 Å². The van der Waals surface area contributed by atoms with Gasteiger partial charge in [0, 0.05) is 0 Å². The fourth-order valence-electron chi connectivity index (χ4n) is 1.51. The highest BCUT2D eigenvalue weighted by Gasteiger charge is 2.36. The summed E-state index contributed by atoms with van der Waals surface area (Å²) < 4.78 is 22.9. The molecule has 92 valence electrons. The molecule has 1 aromatic carbocycles. The third-order valence-corrected chi connectivity index (χ3v) is 4.45. The van der Waals surface area contributed by atoms with E-state index >= 15 is 0 Å². The Hall–Kier alpha value is -1.14. The molecule has 0 bridgehead atoms. The van der Waals surface area contributed by atoms with E-state index in [4.69, 9.17) is 9.05 Å². The molecule has 1 atom stereocenters. The van der Waals surface area contributed by atoms with E-state index in [0.29, 0.717) is 5.56 Å². The van der Waals surface area contributed by atoms with Crippen molar-refractivity contribution in [3.8, 4) is 6.07 Å². The lowest BCUT2D eigenvalue weighted by molar-refractivity contribution is 0.216. The zero-order valence-electron chi connectivity index (χ0n) is 10.00. The maximum atomic E-state index is 12.5. The van der Waals surface area contributed by atoms with Crippen molar-refractivity contribution in [2.45, 2.75) is 19.5 Å². The van der Waals surface area contributed by atoms with Crippen LogP contribution in [0, 0.1) is 11.3 Å². The van der Waals surface area contributed by atoms with E-state index < -0.39 is 13.3 Å². The van der Waals surface area contributed by atoms with Gasteiger partial charge >= 0.3 is 7.60 Å². The quantitative estimate of drug-likeness (QED) is 0.728. The highest BCUT2D eigenvalue weighted by Crippen LogP contribution is 2.60. The largest absolute Gasteiger partial charge is 0.352 e. The second-order valence-corrected chi connectivity index (χ2v) is 5.43. The Morgan fingerprint density at radius 3 is 2.18 bits per heavy atom. The van der Waals surface area contributed by atoms with E-state index in [1.807, 2.05) is 12.1 Å². The minimum absolute atomic E-state index is 0.252. The first-order valence-electron chi connectivity index (χ1n) is 5.51. The maximum Gasteiger partial charge on any atom is 0.352 e. The molecule has 0 fully saturated rings. The van der Waals surface area contributed by atoms with Gasteiger partial charge in [0.2, 0.25) is 0 Å². The summed E-state index contributed by atoms with van der Waals surface area (Å²) >= 11 is 0. The van der Waals surface area contributed by atoms with Crippen LogP contribution in [0.4, 0.5) is 0 Å². The van der Waals surface area contributed by atoms with Crippen LogP contribution in [0.3, 0.4) is 0 Å².